The van der Waals surface area contributed by atoms with Crippen LogP contribution in [0.2, 0.25) is 0 Å². The second-order valence-corrected chi connectivity index (χ2v) is 4.04. The first-order valence-corrected chi connectivity index (χ1v) is 5.58. The van der Waals surface area contributed by atoms with Crippen LogP contribution in [-0.2, 0) is 9.53 Å². The fourth-order valence-corrected chi connectivity index (χ4v) is 1.86. The lowest BCUT2D eigenvalue weighted by atomic mass is 9.93. The van der Waals surface area contributed by atoms with Gasteiger partial charge < -0.3 is 30.5 Å². The highest BCUT2D eigenvalue weighted by Crippen LogP contribution is 2.20. The lowest BCUT2D eigenvalue weighted by Crippen LogP contribution is -2.65. The Balaban J connectivity index is 2.73. The molecule has 19 heavy (non-hydrogen) atoms. The van der Waals surface area contributed by atoms with Gasteiger partial charge in [-0.15, -0.1) is 0 Å². The van der Waals surface area contributed by atoms with Crippen molar-refractivity contribution in [1.29, 1.82) is 0 Å². The standard InChI is InChI=1S/C9H16N4O6/c10-13-11-1-6(16)12-7-4(2-14)19-5(3-15)8(17)9(7)18/h4-5,7-9,14-15,17-18H,1-3H2,(H,12,16)/t4-,5?,7?,8-,9?/m0/s1. The third-order valence-electron chi connectivity index (χ3n) is 2.81. The van der Waals surface area contributed by atoms with Crippen LogP contribution in [0.5, 0.6) is 0 Å². The molecular weight excluding hydrogens is 260 g/mol. The van der Waals surface area contributed by atoms with Gasteiger partial charge in [0.2, 0.25) is 5.91 Å². The largest absolute Gasteiger partial charge is 0.394 e. The topological polar surface area (TPSA) is 168 Å². The van der Waals surface area contributed by atoms with E-state index in [0.29, 0.717) is 0 Å². The van der Waals surface area contributed by atoms with Crippen molar-refractivity contribution in [2.75, 3.05) is 19.8 Å². The zero-order valence-electron chi connectivity index (χ0n) is 9.96. The third-order valence-corrected chi connectivity index (χ3v) is 2.81. The molecule has 0 aliphatic carbocycles. The molecule has 0 spiro atoms. The Morgan fingerprint density at radius 1 is 1.26 bits per heavy atom. The number of hydrogen-bond donors (Lipinski definition) is 5. The van der Waals surface area contributed by atoms with E-state index in [4.69, 9.17) is 20.5 Å². The molecule has 5 N–H and O–H groups in total. The molecule has 1 amide bonds. The smallest absolute Gasteiger partial charge is 0.226 e. The molecular formula is C9H16N4O6. The number of azide groups is 1. The zero-order chi connectivity index (χ0) is 14.4. The summed E-state index contributed by atoms with van der Waals surface area (Å²) < 4.78 is 5.16. The first-order chi connectivity index (χ1) is 9.04. The number of nitrogens with one attached hydrogen (secondary N) is 1. The highest BCUT2D eigenvalue weighted by molar-refractivity contribution is 5.78. The van der Waals surface area contributed by atoms with Crippen LogP contribution in [0.15, 0.2) is 5.11 Å². The number of ether oxygens (including phenoxy) is 1. The summed E-state index contributed by atoms with van der Waals surface area (Å²) in [5.41, 5.74) is 8.08. The number of aliphatic hydroxyl groups excluding tert-OH is 4. The number of carbonyl (C=O) groups excluding carboxylic acids is 1. The number of nitrogens with zero attached hydrogens (tertiary/aromatic N) is 3. The molecule has 0 aromatic rings. The summed E-state index contributed by atoms with van der Waals surface area (Å²) in [7, 11) is 0. The van der Waals surface area contributed by atoms with Gasteiger partial charge in [0, 0.05) is 4.91 Å². The van der Waals surface area contributed by atoms with Crippen molar-refractivity contribution in [2.45, 2.75) is 30.5 Å². The summed E-state index contributed by atoms with van der Waals surface area (Å²) in [6.07, 6.45) is -4.85. The lowest BCUT2D eigenvalue weighted by molar-refractivity contribution is -0.202. The molecule has 5 atom stereocenters. The van der Waals surface area contributed by atoms with Gasteiger partial charge in [-0.05, 0) is 5.53 Å². The Morgan fingerprint density at radius 3 is 2.42 bits per heavy atom. The summed E-state index contributed by atoms with van der Waals surface area (Å²) in [6, 6.07) is -1.07. The van der Waals surface area contributed by atoms with Crippen molar-refractivity contribution in [1.82, 2.24) is 5.32 Å². The van der Waals surface area contributed by atoms with Crippen molar-refractivity contribution < 1.29 is 30.0 Å². The van der Waals surface area contributed by atoms with Crippen molar-refractivity contribution in [2.24, 2.45) is 5.11 Å². The normalized spacial score (nSPS) is 34.4. The minimum absolute atomic E-state index is 0.475. The molecule has 0 bridgehead atoms. The van der Waals surface area contributed by atoms with Gasteiger partial charge in [0.05, 0.1) is 19.3 Å². The van der Waals surface area contributed by atoms with Crippen molar-refractivity contribution >= 4 is 5.91 Å². The number of aliphatic hydroxyl groups is 4. The fourth-order valence-electron chi connectivity index (χ4n) is 1.86. The summed E-state index contributed by atoms with van der Waals surface area (Å²) in [4.78, 5) is 13.8. The van der Waals surface area contributed by atoms with Crippen LogP contribution in [0.1, 0.15) is 0 Å². The first kappa shape index (κ1) is 15.6. The van der Waals surface area contributed by atoms with Crippen molar-refractivity contribution in [3.05, 3.63) is 10.4 Å². The average molecular weight is 276 g/mol. The SMILES string of the molecule is [N-]=[N+]=NCC(=O)NC1C(O)[C@@H](O)C(CO)O[C@H]1CO. The van der Waals surface area contributed by atoms with Crippen molar-refractivity contribution in [3.8, 4) is 0 Å². The maximum atomic E-state index is 11.4. The maximum Gasteiger partial charge on any atom is 0.226 e. The predicted molar refractivity (Wildman–Crippen MR) is 60.8 cm³/mol. The summed E-state index contributed by atoms with van der Waals surface area (Å²) in [5, 5.41) is 42.9. The number of carbonyl (C=O) groups is 1. The molecule has 108 valence electrons. The van der Waals surface area contributed by atoms with Crippen LogP contribution in [0, 0.1) is 0 Å². The Kier molecular flexibility index (Phi) is 5.96. The van der Waals surface area contributed by atoms with E-state index in [1.54, 1.807) is 0 Å². The second-order valence-electron chi connectivity index (χ2n) is 4.04. The number of hydrogen-bond acceptors (Lipinski definition) is 7. The van der Waals surface area contributed by atoms with Gasteiger partial charge in [-0.25, -0.2) is 0 Å². The van der Waals surface area contributed by atoms with Crippen LogP contribution in [-0.4, -0.2) is 76.5 Å². The van der Waals surface area contributed by atoms with Gasteiger partial charge >= 0.3 is 0 Å². The zero-order valence-corrected chi connectivity index (χ0v) is 9.96. The Hall–Kier alpha value is -1.42. The van der Waals surface area contributed by atoms with Crippen LogP contribution < -0.4 is 5.32 Å². The van der Waals surface area contributed by atoms with Crippen LogP contribution in [0.25, 0.3) is 10.4 Å². The second kappa shape index (κ2) is 7.24. The lowest BCUT2D eigenvalue weighted by Gasteiger charge is -2.42. The van der Waals surface area contributed by atoms with E-state index in [9.17, 15) is 15.0 Å². The molecule has 3 unspecified atom stereocenters. The van der Waals surface area contributed by atoms with Gasteiger partial charge in [-0.3, -0.25) is 4.79 Å². The molecule has 0 aromatic carbocycles. The van der Waals surface area contributed by atoms with Gasteiger partial charge in [0.15, 0.2) is 0 Å². The summed E-state index contributed by atoms with van der Waals surface area (Å²) in [5.74, 6) is -0.682. The average Bonchev–Trinajstić information content (AvgIpc) is 2.42. The predicted octanol–water partition coefficient (Wildman–Crippen LogP) is -2.74. The van der Waals surface area contributed by atoms with Crippen LogP contribution in [0.3, 0.4) is 0 Å². The molecule has 1 heterocycles. The van der Waals surface area contributed by atoms with E-state index < -0.39 is 56.1 Å². The molecule has 10 heteroatoms. The van der Waals surface area contributed by atoms with E-state index in [1.165, 1.54) is 0 Å². The Bertz CT molecular complexity index is 359. The molecule has 0 saturated carbocycles. The Labute approximate surface area is 108 Å². The minimum atomic E-state index is -1.42. The monoisotopic (exact) mass is 276 g/mol. The van der Waals surface area contributed by atoms with Gasteiger partial charge in [0.1, 0.15) is 31.0 Å². The van der Waals surface area contributed by atoms with E-state index >= 15 is 0 Å². The molecule has 1 fully saturated rings. The van der Waals surface area contributed by atoms with E-state index in [2.05, 4.69) is 15.3 Å². The summed E-state index contributed by atoms with van der Waals surface area (Å²) >= 11 is 0. The van der Waals surface area contributed by atoms with Gasteiger partial charge in [-0.2, -0.15) is 0 Å². The van der Waals surface area contributed by atoms with Gasteiger partial charge in [-0.1, -0.05) is 5.11 Å². The maximum absolute atomic E-state index is 11.4. The molecule has 0 aromatic heterocycles. The molecule has 0 radical (unpaired) electrons. The quantitative estimate of drug-likeness (QED) is 0.207. The molecule has 1 saturated heterocycles. The fraction of sp³-hybridized carbons (Fsp3) is 0.889. The molecule has 1 rings (SSSR count). The summed E-state index contributed by atoms with van der Waals surface area (Å²) in [6.45, 7) is -1.53. The number of amides is 1. The van der Waals surface area contributed by atoms with Crippen LogP contribution >= 0.6 is 0 Å². The van der Waals surface area contributed by atoms with Crippen LogP contribution in [0.4, 0.5) is 0 Å². The molecule has 1 aliphatic heterocycles. The molecule has 1 aliphatic rings. The highest BCUT2D eigenvalue weighted by atomic mass is 16.5. The Morgan fingerprint density at radius 2 is 1.89 bits per heavy atom. The highest BCUT2D eigenvalue weighted by Gasteiger charge is 2.44. The van der Waals surface area contributed by atoms with Crippen molar-refractivity contribution in [3.63, 3.8) is 0 Å². The van der Waals surface area contributed by atoms with Gasteiger partial charge in [0.25, 0.3) is 0 Å². The van der Waals surface area contributed by atoms with E-state index in [-0.39, 0.29) is 0 Å². The third kappa shape index (κ3) is 3.77. The molecule has 10 nitrogen and oxygen atoms in total. The minimum Gasteiger partial charge on any atom is -0.394 e. The van der Waals surface area contributed by atoms with E-state index in [1.807, 2.05) is 0 Å². The first-order valence-electron chi connectivity index (χ1n) is 5.58. The number of rotatable bonds is 5. The van der Waals surface area contributed by atoms with E-state index in [0.717, 1.165) is 0 Å².